The minimum absolute atomic E-state index is 0.0203. The van der Waals surface area contributed by atoms with E-state index in [1.165, 1.54) is 5.56 Å². The molecule has 0 atom stereocenters. The molecule has 0 saturated heterocycles. The molecule has 1 heterocycles. The van der Waals surface area contributed by atoms with Crippen LogP contribution < -0.4 is 5.32 Å². The Kier molecular flexibility index (Phi) is 5.33. The molecule has 0 aliphatic carbocycles. The van der Waals surface area contributed by atoms with E-state index in [0.29, 0.717) is 6.54 Å². The highest BCUT2D eigenvalue weighted by Crippen LogP contribution is 2.19. The second kappa shape index (κ2) is 7.84. The van der Waals surface area contributed by atoms with Crippen LogP contribution in [-0.4, -0.2) is 28.5 Å². The lowest BCUT2D eigenvalue weighted by atomic mass is 10.1. The predicted octanol–water partition coefficient (Wildman–Crippen LogP) is 3.57. The lowest BCUT2D eigenvalue weighted by molar-refractivity contribution is 0.0951. The van der Waals surface area contributed by atoms with Crippen molar-refractivity contribution in [1.29, 1.82) is 0 Å². The van der Waals surface area contributed by atoms with Gasteiger partial charge >= 0.3 is 0 Å². The quantitative estimate of drug-likeness (QED) is 0.700. The van der Waals surface area contributed by atoms with E-state index < -0.39 is 0 Å². The van der Waals surface area contributed by atoms with Crippen LogP contribution in [-0.2, 0) is 6.42 Å². The molecule has 0 unspecified atom stereocenters. The number of carbonyl (C=O) groups is 1. The molecule has 0 aliphatic rings. The maximum Gasteiger partial charge on any atom is 0.252 e. The molecule has 0 radical (unpaired) electrons. The van der Waals surface area contributed by atoms with Crippen LogP contribution in [0.2, 0.25) is 0 Å². The summed E-state index contributed by atoms with van der Waals surface area (Å²) in [4.78, 5) is 13.3. The molecule has 1 amide bonds. The van der Waals surface area contributed by atoms with Crippen LogP contribution in [0, 0.1) is 0 Å². The highest BCUT2D eigenvalue weighted by atomic mass is 32.2. The van der Waals surface area contributed by atoms with Crippen molar-refractivity contribution >= 4 is 17.7 Å². The Morgan fingerprint density at radius 3 is 2.62 bits per heavy atom. The number of nitrogens with one attached hydrogen (secondary N) is 1. The molecule has 0 fully saturated rings. The summed E-state index contributed by atoms with van der Waals surface area (Å²) in [6.45, 7) is 0.614. The third-order valence-electron chi connectivity index (χ3n) is 3.76. The summed E-state index contributed by atoms with van der Waals surface area (Å²) >= 11 is 1.58. The fourth-order valence-corrected chi connectivity index (χ4v) is 3.08. The summed E-state index contributed by atoms with van der Waals surface area (Å²) in [7, 11) is 0. The zero-order valence-corrected chi connectivity index (χ0v) is 14.3. The monoisotopic (exact) mass is 337 g/mol. The van der Waals surface area contributed by atoms with E-state index in [1.807, 2.05) is 59.6 Å². The van der Waals surface area contributed by atoms with Crippen LogP contribution in [0.1, 0.15) is 15.9 Å². The Bertz CT molecular complexity index is 798. The number of carbonyl (C=O) groups excluding carboxylic acids is 1. The molecule has 0 spiro atoms. The first-order chi connectivity index (χ1) is 11.8. The Morgan fingerprint density at radius 2 is 1.92 bits per heavy atom. The van der Waals surface area contributed by atoms with Gasteiger partial charge in [-0.1, -0.05) is 24.3 Å². The first-order valence-electron chi connectivity index (χ1n) is 7.78. The number of amides is 1. The SMILES string of the molecule is CSc1ccccc1C(=O)NCCc1ccc(-n2cccn2)cc1. The lowest BCUT2D eigenvalue weighted by Gasteiger charge is -2.09. The molecule has 0 aliphatic heterocycles. The van der Waals surface area contributed by atoms with E-state index in [-0.39, 0.29) is 5.91 Å². The van der Waals surface area contributed by atoms with Gasteiger partial charge in [-0.05, 0) is 48.6 Å². The van der Waals surface area contributed by atoms with Crippen molar-refractivity contribution in [3.63, 3.8) is 0 Å². The van der Waals surface area contributed by atoms with E-state index in [2.05, 4.69) is 22.5 Å². The fourth-order valence-electron chi connectivity index (χ4n) is 2.48. The fraction of sp³-hybridized carbons (Fsp3) is 0.158. The van der Waals surface area contributed by atoms with Gasteiger partial charge in [-0.25, -0.2) is 4.68 Å². The smallest absolute Gasteiger partial charge is 0.252 e. The number of hydrogen-bond donors (Lipinski definition) is 1. The van der Waals surface area contributed by atoms with Gasteiger partial charge in [-0.15, -0.1) is 11.8 Å². The van der Waals surface area contributed by atoms with E-state index >= 15 is 0 Å². The molecule has 0 bridgehead atoms. The topological polar surface area (TPSA) is 46.9 Å². The van der Waals surface area contributed by atoms with E-state index in [1.54, 1.807) is 18.0 Å². The maximum absolute atomic E-state index is 12.3. The number of benzene rings is 2. The van der Waals surface area contributed by atoms with Crippen molar-refractivity contribution in [1.82, 2.24) is 15.1 Å². The summed E-state index contributed by atoms with van der Waals surface area (Å²) in [6.07, 6.45) is 6.45. The second-order valence-electron chi connectivity index (χ2n) is 5.32. The molecular weight excluding hydrogens is 318 g/mol. The van der Waals surface area contributed by atoms with Gasteiger partial charge in [0.1, 0.15) is 0 Å². The summed E-state index contributed by atoms with van der Waals surface area (Å²) in [5, 5.41) is 7.20. The largest absolute Gasteiger partial charge is 0.352 e. The number of aromatic nitrogens is 2. The maximum atomic E-state index is 12.3. The van der Waals surface area contributed by atoms with Crippen LogP contribution >= 0.6 is 11.8 Å². The van der Waals surface area contributed by atoms with Crippen LogP contribution in [0.15, 0.2) is 71.9 Å². The Morgan fingerprint density at radius 1 is 1.12 bits per heavy atom. The Labute approximate surface area is 145 Å². The van der Waals surface area contributed by atoms with Crippen molar-refractivity contribution in [2.45, 2.75) is 11.3 Å². The van der Waals surface area contributed by atoms with E-state index in [4.69, 9.17) is 0 Å². The molecule has 24 heavy (non-hydrogen) atoms. The number of thioether (sulfide) groups is 1. The van der Waals surface area contributed by atoms with Crippen LogP contribution in [0.3, 0.4) is 0 Å². The Hall–Kier alpha value is -2.53. The molecule has 122 valence electrons. The number of rotatable bonds is 6. The number of hydrogen-bond acceptors (Lipinski definition) is 3. The van der Waals surface area contributed by atoms with Gasteiger partial charge in [0.25, 0.3) is 5.91 Å². The van der Waals surface area contributed by atoms with Gasteiger partial charge in [0.05, 0.1) is 11.3 Å². The first kappa shape index (κ1) is 16.3. The van der Waals surface area contributed by atoms with Crippen LogP contribution in [0.25, 0.3) is 5.69 Å². The summed E-state index contributed by atoms with van der Waals surface area (Å²) in [6, 6.07) is 17.8. The van der Waals surface area contributed by atoms with Gasteiger partial charge in [0.2, 0.25) is 0 Å². The van der Waals surface area contributed by atoms with Crippen molar-refractivity contribution in [2.24, 2.45) is 0 Å². The molecule has 1 aromatic heterocycles. The number of nitrogens with zero attached hydrogens (tertiary/aromatic N) is 2. The minimum atomic E-state index is -0.0203. The van der Waals surface area contributed by atoms with Crippen LogP contribution in [0.5, 0.6) is 0 Å². The highest BCUT2D eigenvalue weighted by Gasteiger charge is 2.09. The molecule has 5 heteroatoms. The van der Waals surface area contributed by atoms with Crippen molar-refractivity contribution < 1.29 is 4.79 Å². The third-order valence-corrected chi connectivity index (χ3v) is 4.55. The zero-order chi connectivity index (χ0) is 16.8. The second-order valence-corrected chi connectivity index (χ2v) is 6.17. The molecule has 3 aromatic rings. The van der Waals surface area contributed by atoms with Gasteiger partial charge in [0.15, 0.2) is 0 Å². The third kappa shape index (κ3) is 3.86. The predicted molar refractivity (Wildman–Crippen MR) is 97.8 cm³/mol. The van der Waals surface area contributed by atoms with Crippen LogP contribution in [0.4, 0.5) is 0 Å². The first-order valence-corrected chi connectivity index (χ1v) is 9.00. The summed E-state index contributed by atoms with van der Waals surface area (Å²) in [5.74, 6) is -0.0203. The molecule has 2 aromatic carbocycles. The van der Waals surface area contributed by atoms with Gasteiger partial charge in [0, 0.05) is 23.8 Å². The normalized spacial score (nSPS) is 10.5. The van der Waals surface area contributed by atoms with E-state index in [0.717, 1.165) is 22.6 Å². The molecule has 4 nitrogen and oxygen atoms in total. The Balaban J connectivity index is 1.55. The van der Waals surface area contributed by atoms with E-state index in [9.17, 15) is 4.79 Å². The summed E-state index contributed by atoms with van der Waals surface area (Å²) < 4.78 is 1.82. The minimum Gasteiger partial charge on any atom is -0.352 e. The van der Waals surface area contributed by atoms with Gasteiger partial charge < -0.3 is 5.32 Å². The average Bonchev–Trinajstić information content (AvgIpc) is 3.17. The molecular formula is C19H19N3OS. The standard InChI is InChI=1S/C19H19N3OS/c1-24-18-6-3-2-5-17(18)19(23)20-13-11-15-7-9-16(10-8-15)22-14-4-12-21-22/h2-10,12,14H,11,13H2,1H3,(H,20,23). The zero-order valence-electron chi connectivity index (χ0n) is 13.5. The van der Waals surface area contributed by atoms with Gasteiger partial charge in [-0.3, -0.25) is 4.79 Å². The molecule has 1 N–H and O–H groups in total. The molecule has 3 rings (SSSR count). The molecule has 0 saturated carbocycles. The van der Waals surface area contributed by atoms with Crippen molar-refractivity contribution in [3.05, 3.63) is 78.1 Å². The van der Waals surface area contributed by atoms with Crippen molar-refractivity contribution in [2.75, 3.05) is 12.8 Å². The summed E-state index contributed by atoms with van der Waals surface area (Å²) in [5.41, 5.74) is 2.95. The highest BCUT2D eigenvalue weighted by molar-refractivity contribution is 7.98. The van der Waals surface area contributed by atoms with Crippen molar-refractivity contribution in [3.8, 4) is 5.69 Å². The average molecular weight is 337 g/mol. The van der Waals surface area contributed by atoms with Gasteiger partial charge in [-0.2, -0.15) is 5.10 Å². The lowest BCUT2D eigenvalue weighted by Crippen LogP contribution is -2.26.